The lowest BCUT2D eigenvalue weighted by Gasteiger charge is -2.13. The molecule has 0 spiro atoms. The van der Waals surface area contributed by atoms with Gasteiger partial charge in [-0.25, -0.2) is 13.1 Å². The molecule has 2 aromatic rings. The van der Waals surface area contributed by atoms with Crippen molar-refractivity contribution >= 4 is 16.0 Å². The molecule has 0 heterocycles. The first kappa shape index (κ1) is 20.7. The number of nitrogens with one attached hydrogen (secondary N) is 3. The Morgan fingerprint density at radius 1 is 0.963 bits per heavy atom. The first-order valence-electron chi connectivity index (χ1n) is 8.61. The van der Waals surface area contributed by atoms with Crippen molar-refractivity contribution < 1.29 is 13.2 Å². The number of ether oxygens (including phenoxy) is 1. The van der Waals surface area contributed by atoms with Crippen LogP contribution in [0.3, 0.4) is 0 Å². The van der Waals surface area contributed by atoms with E-state index < -0.39 is 10.0 Å². The van der Waals surface area contributed by atoms with Crippen LogP contribution in [0.25, 0.3) is 0 Å². The zero-order chi connectivity index (χ0) is 19.5. The monoisotopic (exact) mass is 390 g/mol. The molecule has 0 amide bonds. The van der Waals surface area contributed by atoms with Gasteiger partial charge in [0.05, 0.1) is 12.9 Å². The Morgan fingerprint density at radius 3 is 2.26 bits per heavy atom. The predicted molar refractivity (Wildman–Crippen MR) is 108 cm³/mol. The van der Waals surface area contributed by atoms with Gasteiger partial charge in [0.25, 0.3) is 0 Å². The average Bonchev–Trinajstić information content (AvgIpc) is 2.70. The minimum absolute atomic E-state index is 0.0386. The highest BCUT2D eigenvalue weighted by Gasteiger charge is 2.10. The maximum absolute atomic E-state index is 12.1. The van der Waals surface area contributed by atoms with E-state index in [1.165, 1.54) is 0 Å². The molecular weight excluding hydrogens is 364 g/mol. The van der Waals surface area contributed by atoms with Crippen molar-refractivity contribution in [2.45, 2.75) is 13.1 Å². The fourth-order valence-electron chi connectivity index (χ4n) is 2.31. The molecule has 8 heteroatoms. The maximum atomic E-state index is 12.1. The topological polar surface area (TPSA) is 91.8 Å². The van der Waals surface area contributed by atoms with Crippen molar-refractivity contribution in [1.82, 2.24) is 15.4 Å². The molecule has 0 saturated carbocycles. The lowest BCUT2D eigenvalue weighted by atomic mass is 10.2. The van der Waals surface area contributed by atoms with Crippen LogP contribution in [0, 0.1) is 0 Å². The lowest BCUT2D eigenvalue weighted by Crippen LogP contribution is -2.40. The highest BCUT2D eigenvalue weighted by molar-refractivity contribution is 7.89. The van der Waals surface area contributed by atoms with Crippen molar-refractivity contribution in [3.63, 3.8) is 0 Å². The molecule has 0 bridgehead atoms. The Balaban J connectivity index is 1.73. The van der Waals surface area contributed by atoms with Crippen LogP contribution in [0.5, 0.6) is 5.75 Å². The molecule has 3 N–H and O–H groups in total. The molecule has 2 rings (SSSR count). The third-order valence-corrected chi connectivity index (χ3v) is 5.17. The van der Waals surface area contributed by atoms with Gasteiger partial charge >= 0.3 is 0 Å². The third-order valence-electron chi connectivity index (χ3n) is 3.84. The number of benzene rings is 2. The van der Waals surface area contributed by atoms with Crippen molar-refractivity contribution in [1.29, 1.82) is 0 Å². The van der Waals surface area contributed by atoms with E-state index in [0.717, 1.165) is 16.9 Å². The molecule has 27 heavy (non-hydrogen) atoms. The maximum Gasteiger partial charge on any atom is 0.213 e. The Kier molecular flexibility index (Phi) is 8.09. The zero-order valence-electron chi connectivity index (χ0n) is 15.6. The molecule has 0 saturated heterocycles. The van der Waals surface area contributed by atoms with Gasteiger partial charge in [-0.15, -0.1) is 0 Å². The lowest BCUT2D eigenvalue weighted by molar-refractivity contribution is 0.414. The summed E-state index contributed by atoms with van der Waals surface area (Å²) < 4.78 is 31.9. The van der Waals surface area contributed by atoms with Gasteiger partial charge in [0, 0.05) is 26.7 Å². The molecule has 2 aromatic carbocycles. The van der Waals surface area contributed by atoms with Gasteiger partial charge in [0.2, 0.25) is 10.0 Å². The molecule has 0 fully saturated rings. The van der Waals surface area contributed by atoms with E-state index in [2.05, 4.69) is 20.3 Å². The van der Waals surface area contributed by atoms with Gasteiger partial charge < -0.3 is 15.4 Å². The normalized spacial score (nSPS) is 11.9. The molecule has 0 aliphatic heterocycles. The Bertz CT molecular complexity index is 822. The summed E-state index contributed by atoms with van der Waals surface area (Å²) in [6.07, 6.45) is 0. The Hall–Kier alpha value is -2.58. The summed E-state index contributed by atoms with van der Waals surface area (Å²) >= 11 is 0. The van der Waals surface area contributed by atoms with Crippen LogP contribution in [0.2, 0.25) is 0 Å². The van der Waals surface area contributed by atoms with Gasteiger partial charge in [-0.1, -0.05) is 42.5 Å². The summed E-state index contributed by atoms with van der Waals surface area (Å²) in [4.78, 5) is 4.10. The van der Waals surface area contributed by atoms with Crippen LogP contribution < -0.4 is 20.1 Å². The van der Waals surface area contributed by atoms with E-state index in [-0.39, 0.29) is 18.8 Å². The smallest absolute Gasteiger partial charge is 0.213 e. The minimum Gasteiger partial charge on any atom is -0.497 e. The summed E-state index contributed by atoms with van der Waals surface area (Å²) in [5.74, 6) is 1.31. The first-order valence-corrected chi connectivity index (χ1v) is 10.3. The molecule has 0 aliphatic carbocycles. The fourth-order valence-corrected chi connectivity index (χ4v) is 3.22. The second-order valence-corrected chi connectivity index (χ2v) is 7.75. The van der Waals surface area contributed by atoms with Crippen LogP contribution >= 0.6 is 0 Å². The van der Waals surface area contributed by atoms with Crippen molar-refractivity contribution in [2.75, 3.05) is 26.5 Å². The molecule has 7 nitrogen and oxygen atoms in total. The molecule has 0 radical (unpaired) electrons. The molecular formula is C19H26N4O3S. The molecule has 0 aliphatic rings. The number of hydrogen-bond acceptors (Lipinski definition) is 4. The van der Waals surface area contributed by atoms with Gasteiger partial charge in [0.1, 0.15) is 5.75 Å². The predicted octanol–water partition coefficient (Wildman–Crippen LogP) is 1.48. The second kappa shape index (κ2) is 10.5. The van der Waals surface area contributed by atoms with E-state index in [9.17, 15) is 8.42 Å². The SMILES string of the molecule is CN=C(NCCS(=O)(=O)NCc1ccccc1)NCc1ccc(OC)cc1. The van der Waals surface area contributed by atoms with Gasteiger partial charge in [-0.05, 0) is 23.3 Å². The first-order chi connectivity index (χ1) is 13.0. The third kappa shape index (κ3) is 7.67. The van der Waals surface area contributed by atoms with Gasteiger partial charge in [-0.2, -0.15) is 0 Å². The minimum atomic E-state index is -3.37. The van der Waals surface area contributed by atoms with E-state index in [1.54, 1.807) is 14.2 Å². The van der Waals surface area contributed by atoms with Crippen LogP contribution in [0.15, 0.2) is 59.6 Å². The highest BCUT2D eigenvalue weighted by atomic mass is 32.2. The van der Waals surface area contributed by atoms with E-state index in [4.69, 9.17) is 4.74 Å². The van der Waals surface area contributed by atoms with E-state index in [1.807, 2.05) is 54.6 Å². The van der Waals surface area contributed by atoms with Crippen LogP contribution in [-0.4, -0.2) is 40.8 Å². The average molecular weight is 391 g/mol. The highest BCUT2D eigenvalue weighted by Crippen LogP contribution is 2.10. The largest absolute Gasteiger partial charge is 0.497 e. The number of aliphatic imine (C=N–C) groups is 1. The quantitative estimate of drug-likeness (QED) is 0.446. The Morgan fingerprint density at radius 2 is 1.63 bits per heavy atom. The van der Waals surface area contributed by atoms with Crippen molar-refractivity contribution in [2.24, 2.45) is 4.99 Å². The van der Waals surface area contributed by atoms with Crippen molar-refractivity contribution in [3.05, 3.63) is 65.7 Å². The summed E-state index contributed by atoms with van der Waals surface area (Å²) in [5, 5.41) is 6.16. The standard InChI is InChI=1S/C19H26N4O3S/c1-20-19(22-14-17-8-10-18(26-2)11-9-17)21-12-13-27(24,25)23-15-16-6-4-3-5-7-16/h3-11,23H,12-15H2,1-2H3,(H2,20,21,22). The molecule has 0 unspecified atom stereocenters. The van der Waals surface area contributed by atoms with Crippen LogP contribution in [0.1, 0.15) is 11.1 Å². The van der Waals surface area contributed by atoms with E-state index in [0.29, 0.717) is 12.5 Å². The number of rotatable bonds is 9. The Labute approximate surface area is 160 Å². The zero-order valence-corrected chi connectivity index (χ0v) is 16.4. The van der Waals surface area contributed by atoms with Gasteiger partial charge in [0.15, 0.2) is 5.96 Å². The van der Waals surface area contributed by atoms with Gasteiger partial charge in [-0.3, -0.25) is 4.99 Å². The van der Waals surface area contributed by atoms with E-state index >= 15 is 0 Å². The van der Waals surface area contributed by atoms with Crippen molar-refractivity contribution in [3.8, 4) is 5.75 Å². The number of nitrogens with zero attached hydrogens (tertiary/aromatic N) is 1. The number of guanidine groups is 1. The van der Waals surface area contributed by atoms with Crippen LogP contribution in [0.4, 0.5) is 0 Å². The molecule has 146 valence electrons. The molecule has 0 aromatic heterocycles. The summed E-state index contributed by atoms with van der Waals surface area (Å²) in [5.41, 5.74) is 1.99. The molecule has 0 atom stereocenters. The number of hydrogen-bond donors (Lipinski definition) is 3. The summed E-state index contributed by atoms with van der Waals surface area (Å²) in [6, 6.07) is 17.1. The fraction of sp³-hybridized carbons (Fsp3) is 0.316. The summed E-state index contributed by atoms with van der Waals surface area (Å²) in [7, 11) is -0.0965. The summed E-state index contributed by atoms with van der Waals surface area (Å²) in [6.45, 7) is 1.11. The second-order valence-electron chi connectivity index (χ2n) is 5.83. The van der Waals surface area contributed by atoms with Crippen LogP contribution in [-0.2, 0) is 23.1 Å². The number of sulfonamides is 1. The number of methoxy groups -OCH3 is 1.